The molecule has 2 heterocycles. The number of benzene rings is 1. The zero-order valence-electron chi connectivity index (χ0n) is 11.2. The van der Waals surface area contributed by atoms with Crippen LogP contribution in [-0.2, 0) is 0 Å². The minimum absolute atomic E-state index is 0.168. The van der Waals surface area contributed by atoms with E-state index in [1.807, 2.05) is 24.3 Å². The van der Waals surface area contributed by atoms with Gasteiger partial charge >= 0.3 is 0 Å². The van der Waals surface area contributed by atoms with E-state index in [2.05, 4.69) is 15.0 Å². The van der Waals surface area contributed by atoms with Crippen LogP contribution in [0.5, 0.6) is 0 Å². The predicted octanol–water partition coefficient (Wildman–Crippen LogP) is 2.04. The molecule has 20 heavy (non-hydrogen) atoms. The first-order valence-electron chi connectivity index (χ1n) is 7.06. The van der Waals surface area contributed by atoms with Gasteiger partial charge in [0.25, 0.3) is 5.91 Å². The highest BCUT2D eigenvalue weighted by Gasteiger charge is 2.51. The van der Waals surface area contributed by atoms with Crippen molar-refractivity contribution in [3.8, 4) is 5.69 Å². The summed E-state index contributed by atoms with van der Waals surface area (Å²) in [7, 11) is 0. The smallest absolute Gasteiger partial charge is 0.254 e. The van der Waals surface area contributed by atoms with Crippen LogP contribution in [0.3, 0.4) is 0 Å². The van der Waals surface area contributed by atoms with Gasteiger partial charge in [-0.2, -0.15) is 5.10 Å². The van der Waals surface area contributed by atoms with E-state index in [4.69, 9.17) is 0 Å². The summed E-state index contributed by atoms with van der Waals surface area (Å²) in [5.74, 6) is 0.168. The lowest BCUT2D eigenvalue weighted by Gasteiger charge is -2.58. The molecule has 102 valence electrons. The third kappa shape index (κ3) is 1.59. The maximum Gasteiger partial charge on any atom is 0.254 e. The first kappa shape index (κ1) is 11.6. The monoisotopic (exact) mass is 268 g/mol. The molecule has 0 bridgehead atoms. The number of hydrogen-bond acceptors (Lipinski definition) is 3. The summed E-state index contributed by atoms with van der Waals surface area (Å²) in [6, 6.07) is 7.58. The molecule has 0 N–H and O–H groups in total. The largest absolute Gasteiger partial charge is 0.333 e. The Balaban J connectivity index is 1.55. The summed E-state index contributed by atoms with van der Waals surface area (Å²) in [5.41, 5.74) is 1.89. The number of rotatable bonds is 2. The fourth-order valence-electron chi connectivity index (χ4n) is 3.22. The van der Waals surface area contributed by atoms with Crippen molar-refractivity contribution in [2.45, 2.75) is 31.2 Å². The standard InChI is InChI=1S/C15H16N4O/c20-14(18-9-8-15(18)6-1-7-15)12-2-4-13(5-3-12)19-11-16-10-17-19/h2-5,10-11H,1,6-9H2. The highest BCUT2D eigenvalue weighted by atomic mass is 16.2. The van der Waals surface area contributed by atoms with Crippen LogP contribution in [0.1, 0.15) is 36.0 Å². The number of carbonyl (C=O) groups excluding carboxylic acids is 1. The summed E-state index contributed by atoms with van der Waals surface area (Å²) in [6.45, 7) is 0.906. The van der Waals surface area contributed by atoms with E-state index in [9.17, 15) is 4.79 Å². The number of carbonyl (C=O) groups is 1. The molecule has 2 aliphatic rings. The third-order valence-electron chi connectivity index (χ3n) is 4.70. The molecule has 1 aromatic heterocycles. The van der Waals surface area contributed by atoms with Crippen molar-refractivity contribution in [3.05, 3.63) is 42.5 Å². The lowest BCUT2D eigenvalue weighted by molar-refractivity contribution is -0.0487. The van der Waals surface area contributed by atoms with Crippen molar-refractivity contribution < 1.29 is 4.79 Å². The zero-order chi connectivity index (χ0) is 13.6. The van der Waals surface area contributed by atoms with Gasteiger partial charge < -0.3 is 4.90 Å². The average Bonchev–Trinajstić information content (AvgIpc) is 2.89. The molecule has 4 rings (SSSR count). The molecular formula is C15H16N4O. The zero-order valence-corrected chi connectivity index (χ0v) is 11.2. The Morgan fingerprint density at radius 3 is 2.45 bits per heavy atom. The van der Waals surface area contributed by atoms with Gasteiger partial charge in [0.2, 0.25) is 0 Å². The summed E-state index contributed by atoms with van der Waals surface area (Å²) in [5, 5.41) is 4.08. The number of hydrogen-bond donors (Lipinski definition) is 0. The van der Waals surface area contributed by atoms with Crippen molar-refractivity contribution in [1.82, 2.24) is 19.7 Å². The van der Waals surface area contributed by atoms with Gasteiger partial charge in [0.15, 0.2) is 0 Å². The van der Waals surface area contributed by atoms with Gasteiger partial charge in [0.1, 0.15) is 12.7 Å². The van der Waals surface area contributed by atoms with Crippen LogP contribution in [0.15, 0.2) is 36.9 Å². The van der Waals surface area contributed by atoms with E-state index in [1.165, 1.54) is 32.0 Å². The molecule has 1 aliphatic carbocycles. The molecule has 1 spiro atoms. The van der Waals surface area contributed by atoms with Crippen LogP contribution in [0.25, 0.3) is 5.69 Å². The maximum atomic E-state index is 12.5. The van der Waals surface area contributed by atoms with Crippen molar-refractivity contribution >= 4 is 5.91 Å². The molecule has 1 aliphatic heterocycles. The quantitative estimate of drug-likeness (QED) is 0.837. The molecule has 1 aromatic carbocycles. The van der Waals surface area contributed by atoms with Crippen LogP contribution in [-0.4, -0.2) is 37.7 Å². The molecule has 1 saturated heterocycles. The maximum absolute atomic E-state index is 12.5. The molecule has 1 saturated carbocycles. The fourth-order valence-corrected chi connectivity index (χ4v) is 3.22. The van der Waals surface area contributed by atoms with Crippen molar-refractivity contribution in [2.75, 3.05) is 6.54 Å². The van der Waals surface area contributed by atoms with Crippen molar-refractivity contribution in [3.63, 3.8) is 0 Å². The van der Waals surface area contributed by atoms with E-state index >= 15 is 0 Å². The Morgan fingerprint density at radius 1 is 1.15 bits per heavy atom. The van der Waals surface area contributed by atoms with E-state index in [0.29, 0.717) is 0 Å². The second-order valence-electron chi connectivity index (χ2n) is 5.67. The molecule has 1 amide bonds. The van der Waals surface area contributed by atoms with E-state index < -0.39 is 0 Å². The minimum atomic E-state index is 0.168. The Morgan fingerprint density at radius 2 is 1.95 bits per heavy atom. The topological polar surface area (TPSA) is 51.0 Å². The molecule has 0 radical (unpaired) electrons. The minimum Gasteiger partial charge on any atom is -0.333 e. The van der Waals surface area contributed by atoms with Gasteiger partial charge in [-0.1, -0.05) is 0 Å². The summed E-state index contributed by atoms with van der Waals surface area (Å²) in [4.78, 5) is 18.5. The first-order chi connectivity index (χ1) is 9.78. The lowest BCUT2D eigenvalue weighted by atomic mass is 9.67. The van der Waals surface area contributed by atoms with Crippen LogP contribution in [0.2, 0.25) is 0 Å². The van der Waals surface area contributed by atoms with Crippen LogP contribution < -0.4 is 0 Å². The number of amides is 1. The molecule has 0 atom stereocenters. The lowest BCUT2D eigenvalue weighted by Crippen LogP contribution is -2.65. The molecule has 5 heteroatoms. The van der Waals surface area contributed by atoms with Gasteiger partial charge in [-0.3, -0.25) is 4.79 Å². The van der Waals surface area contributed by atoms with Gasteiger partial charge in [-0.25, -0.2) is 9.67 Å². The Labute approximate surface area is 117 Å². The SMILES string of the molecule is O=C(c1ccc(-n2cncn2)cc1)N1CCC12CCC2. The van der Waals surface area contributed by atoms with Crippen LogP contribution in [0, 0.1) is 0 Å². The molecule has 5 nitrogen and oxygen atoms in total. The summed E-state index contributed by atoms with van der Waals surface area (Å²) < 4.78 is 1.69. The second kappa shape index (κ2) is 4.16. The second-order valence-corrected chi connectivity index (χ2v) is 5.67. The van der Waals surface area contributed by atoms with E-state index in [0.717, 1.165) is 17.8 Å². The summed E-state index contributed by atoms with van der Waals surface area (Å²) >= 11 is 0. The fraction of sp³-hybridized carbons (Fsp3) is 0.400. The average molecular weight is 268 g/mol. The van der Waals surface area contributed by atoms with Gasteiger partial charge in [0.05, 0.1) is 5.69 Å². The summed E-state index contributed by atoms with van der Waals surface area (Å²) in [6.07, 6.45) is 7.94. The highest BCUT2D eigenvalue weighted by molar-refractivity contribution is 5.95. The van der Waals surface area contributed by atoms with Crippen LogP contribution >= 0.6 is 0 Å². The third-order valence-corrected chi connectivity index (χ3v) is 4.70. The van der Waals surface area contributed by atoms with Crippen molar-refractivity contribution in [2.24, 2.45) is 0 Å². The van der Waals surface area contributed by atoms with Gasteiger partial charge in [-0.05, 0) is 49.9 Å². The number of aromatic nitrogens is 3. The van der Waals surface area contributed by atoms with E-state index in [-0.39, 0.29) is 11.4 Å². The Bertz CT molecular complexity index is 623. The van der Waals surface area contributed by atoms with Gasteiger partial charge in [-0.15, -0.1) is 0 Å². The number of likely N-dealkylation sites (tertiary alicyclic amines) is 1. The molecule has 2 aromatic rings. The first-order valence-corrected chi connectivity index (χ1v) is 7.06. The van der Waals surface area contributed by atoms with Gasteiger partial charge in [0, 0.05) is 17.6 Å². The normalized spacial score (nSPS) is 19.5. The predicted molar refractivity (Wildman–Crippen MR) is 73.6 cm³/mol. The van der Waals surface area contributed by atoms with Crippen molar-refractivity contribution in [1.29, 1.82) is 0 Å². The molecule has 0 unspecified atom stereocenters. The number of nitrogens with zero attached hydrogens (tertiary/aromatic N) is 4. The molecule has 2 fully saturated rings. The Hall–Kier alpha value is -2.17. The van der Waals surface area contributed by atoms with Crippen LogP contribution in [0.4, 0.5) is 0 Å². The highest BCUT2D eigenvalue weighted by Crippen LogP contribution is 2.47. The Kier molecular flexibility index (Phi) is 2.42. The van der Waals surface area contributed by atoms with E-state index in [1.54, 1.807) is 11.0 Å². The molecular weight excluding hydrogens is 252 g/mol.